The molecule has 1 aliphatic heterocycles. The molecule has 0 aliphatic carbocycles. The highest BCUT2D eigenvalue weighted by Crippen LogP contribution is 2.42. The van der Waals surface area contributed by atoms with Gasteiger partial charge in [-0.15, -0.1) is 0 Å². The Morgan fingerprint density at radius 1 is 1.50 bits per heavy atom. The second-order valence-electron chi connectivity index (χ2n) is 4.19. The van der Waals surface area contributed by atoms with Gasteiger partial charge in [-0.2, -0.15) is 0 Å². The molecule has 2 unspecified atom stereocenters. The van der Waals surface area contributed by atoms with E-state index >= 15 is 0 Å². The van der Waals surface area contributed by atoms with Gasteiger partial charge in [0.1, 0.15) is 5.82 Å². The number of carbonyl (C=O) groups is 1. The molecule has 0 amide bonds. The predicted octanol–water partition coefficient (Wildman–Crippen LogP) is 1.73. The molecule has 0 bridgehead atoms. The highest BCUT2D eigenvalue weighted by Gasteiger charge is 2.33. The van der Waals surface area contributed by atoms with Crippen LogP contribution in [-0.4, -0.2) is 27.8 Å². The van der Waals surface area contributed by atoms with E-state index in [1.165, 1.54) is 0 Å². The van der Waals surface area contributed by atoms with Gasteiger partial charge in [0.25, 0.3) is 0 Å². The molecule has 98 valence electrons. The van der Waals surface area contributed by atoms with Crippen molar-refractivity contribution in [2.75, 3.05) is 6.54 Å². The standard InChI is InChI=1S/C11H11BrFNO4/c12-9-8(5(13)2-7(15)10(9)16)6-1-4(3-14-6)11(17)18/h2,4,6,14-16H,1,3H2,(H,17,18). The summed E-state index contributed by atoms with van der Waals surface area (Å²) in [4.78, 5) is 10.8. The summed E-state index contributed by atoms with van der Waals surface area (Å²) in [5.74, 6) is -3.23. The number of phenols is 2. The van der Waals surface area contributed by atoms with Crippen LogP contribution in [0.1, 0.15) is 18.0 Å². The molecule has 0 radical (unpaired) electrons. The van der Waals surface area contributed by atoms with E-state index in [9.17, 15) is 19.4 Å². The minimum atomic E-state index is -0.940. The van der Waals surface area contributed by atoms with E-state index in [0.29, 0.717) is 0 Å². The van der Waals surface area contributed by atoms with Crippen molar-refractivity contribution in [3.05, 3.63) is 21.9 Å². The van der Waals surface area contributed by atoms with Crippen molar-refractivity contribution in [1.82, 2.24) is 5.32 Å². The average molecular weight is 320 g/mol. The summed E-state index contributed by atoms with van der Waals surface area (Å²) in [6.45, 7) is 0.244. The van der Waals surface area contributed by atoms with Gasteiger partial charge < -0.3 is 20.6 Å². The molecule has 5 nitrogen and oxygen atoms in total. The lowest BCUT2D eigenvalue weighted by atomic mass is 9.99. The highest BCUT2D eigenvalue weighted by molar-refractivity contribution is 9.10. The number of halogens is 2. The number of hydrogen-bond donors (Lipinski definition) is 4. The van der Waals surface area contributed by atoms with Gasteiger partial charge in [-0.3, -0.25) is 4.79 Å². The van der Waals surface area contributed by atoms with E-state index in [-0.39, 0.29) is 23.0 Å². The van der Waals surface area contributed by atoms with Crippen LogP contribution in [0.5, 0.6) is 11.5 Å². The molecule has 1 fully saturated rings. The maximum Gasteiger partial charge on any atom is 0.307 e. The van der Waals surface area contributed by atoms with E-state index in [2.05, 4.69) is 21.2 Å². The van der Waals surface area contributed by atoms with Crippen molar-refractivity contribution in [2.45, 2.75) is 12.5 Å². The lowest BCUT2D eigenvalue weighted by molar-refractivity contribution is -0.141. The number of aliphatic carboxylic acids is 1. The summed E-state index contributed by atoms with van der Waals surface area (Å²) in [6.07, 6.45) is 0.231. The quantitative estimate of drug-likeness (QED) is 0.623. The smallest absolute Gasteiger partial charge is 0.307 e. The van der Waals surface area contributed by atoms with Gasteiger partial charge in [0.05, 0.1) is 10.4 Å². The minimum absolute atomic E-state index is 0.0449. The largest absolute Gasteiger partial charge is 0.504 e. The number of phenolic OH excluding ortho intramolecular Hbond substituents is 2. The van der Waals surface area contributed by atoms with Crippen molar-refractivity contribution in [3.8, 4) is 11.5 Å². The number of rotatable bonds is 2. The zero-order valence-electron chi connectivity index (χ0n) is 9.15. The topological polar surface area (TPSA) is 89.8 Å². The first-order valence-electron chi connectivity index (χ1n) is 5.27. The zero-order chi connectivity index (χ0) is 13.4. The molecule has 2 atom stereocenters. The Kier molecular flexibility index (Phi) is 3.45. The van der Waals surface area contributed by atoms with Gasteiger partial charge in [0, 0.05) is 24.2 Å². The van der Waals surface area contributed by atoms with E-state index in [0.717, 1.165) is 6.07 Å². The molecule has 1 aliphatic rings. The molecule has 0 saturated carbocycles. The molecule has 0 aromatic heterocycles. The summed E-state index contributed by atoms with van der Waals surface area (Å²) in [7, 11) is 0. The molecule has 18 heavy (non-hydrogen) atoms. The van der Waals surface area contributed by atoms with Crippen molar-refractivity contribution in [2.24, 2.45) is 5.92 Å². The molecule has 1 aromatic rings. The van der Waals surface area contributed by atoms with Gasteiger partial charge >= 0.3 is 5.97 Å². The number of carboxylic acids is 1. The fourth-order valence-electron chi connectivity index (χ4n) is 2.07. The second-order valence-corrected chi connectivity index (χ2v) is 4.98. The second kappa shape index (κ2) is 4.74. The summed E-state index contributed by atoms with van der Waals surface area (Å²) >= 11 is 3.01. The molecule has 0 spiro atoms. The first-order chi connectivity index (χ1) is 8.41. The fourth-order valence-corrected chi connectivity index (χ4v) is 2.74. The normalized spacial score (nSPS) is 23.2. The third-order valence-corrected chi connectivity index (χ3v) is 3.84. The van der Waals surface area contributed by atoms with Crippen LogP contribution in [0.3, 0.4) is 0 Å². The lowest BCUT2D eigenvalue weighted by Gasteiger charge is -2.15. The average Bonchev–Trinajstić information content (AvgIpc) is 2.75. The Labute approximate surface area is 110 Å². The molecule has 1 saturated heterocycles. The van der Waals surface area contributed by atoms with Crippen molar-refractivity contribution in [1.29, 1.82) is 0 Å². The Morgan fingerprint density at radius 2 is 2.17 bits per heavy atom. The molecule has 1 aromatic carbocycles. The van der Waals surface area contributed by atoms with E-state index in [1.807, 2.05) is 0 Å². The Hall–Kier alpha value is -1.34. The van der Waals surface area contributed by atoms with E-state index < -0.39 is 35.2 Å². The molecule has 7 heteroatoms. The van der Waals surface area contributed by atoms with Crippen molar-refractivity contribution >= 4 is 21.9 Å². The summed E-state index contributed by atoms with van der Waals surface area (Å²) in [5, 5.41) is 30.6. The fraction of sp³-hybridized carbons (Fsp3) is 0.364. The van der Waals surface area contributed by atoms with Crippen LogP contribution < -0.4 is 5.32 Å². The number of aromatic hydroxyl groups is 2. The Balaban J connectivity index is 2.36. The molecular weight excluding hydrogens is 309 g/mol. The van der Waals surface area contributed by atoms with Gasteiger partial charge in [0.2, 0.25) is 0 Å². The van der Waals surface area contributed by atoms with E-state index in [4.69, 9.17) is 5.11 Å². The maximum absolute atomic E-state index is 13.8. The Morgan fingerprint density at radius 3 is 2.72 bits per heavy atom. The maximum atomic E-state index is 13.8. The number of benzene rings is 1. The van der Waals surface area contributed by atoms with Crippen molar-refractivity contribution in [3.63, 3.8) is 0 Å². The van der Waals surface area contributed by atoms with E-state index in [1.54, 1.807) is 0 Å². The van der Waals surface area contributed by atoms with Gasteiger partial charge in [-0.1, -0.05) is 0 Å². The third kappa shape index (κ3) is 2.15. The zero-order valence-corrected chi connectivity index (χ0v) is 10.7. The monoisotopic (exact) mass is 319 g/mol. The summed E-state index contributed by atoms with van der Waals surface area (Å²) < 4.78 is 13.8. The lowest BCUT2D eigenvalue weighted by Crippen LogP contribution is -2.18. The first-order valence-corrected chi connectivity index (χ1v) is 6.07. The van der Waals surface area contributed by atoms with Crippen LogP contribution >= 0.6 is 15.9 Å². The van der Waals surface area contributed by atoms with Gasteiger partial charge in [0.15, 0.2) is 11.5 Å². The predicted molar refractivity (Wildman–Crippen MR) is 63.9 cm³/mol. The van der Waals surface area contributed by atoms with Crippen LogP contribution in [0.25, 0.3) is 0 Å². The number of carboxylic acid groups (broad SMARTS) is 1. The highest BCUT2D eigenvalue weighted by atomic mass is 79.9. The molecule has 1 heterocycles. The van der Waals surface area contributed by atoms with Crippen LogP contribution in [0.15, 0.2) is 10.5 Å². The third-order valence-electron chi connectivity index (χ3n) is 3.04. The minimum Gasteiger partial charge on any atom is -0.504 e. The number of hydrogen-bond acceptors (Lipinski definition) is 4. The number of nitrogens with one attached hydrogen (secondary N) is 1. The SMILES string of the molecule is O=C(O)C1CNC(c2c(F)cc(O)c(O)c2Br)C1. The van der Waals surface area contributed by atoms with Crippen LogP contribution in [-0.2, 0) is 4.79 Å². The molecular formula is C11H11BrFNO4. The molecule has 4 N–H and O–H groups in total. The van der Waals surface area contributed by atoms with Gasteiger partial charge in [-0.25, -0.2) is 4.39 Å². The van der Waals surface area contributed by atoms with Crippen molar-refractivity contribution < 1.29 is 24.5 Å². The van der Waals surface area contributed by atoms with Crippen LogP contribution in [0.4, 0.5) is 4.39 Å². The van der Waals surface area contributed by atoms with Gasteiger partial charge in [-0.05, 0) is 22.4 Å². The Bertz CT molecular complexity index is 508. The molecule has 2 rings (SSSR count). The van der Waals surface area contributed by atoms with Crippen LogP contribution in [0.2, 0.25) is 0 Å². The summed E-state index contributed by atoms with van der Waals surface area (Å²) in [5.41, 5.74) is 0.133. The summed E-state index contributed by atoms with van der Waals surface area (Å²) in [6, 6.07) is 0.303. The first kappa shape index (κ1) is 13.1. The van der Waals surface area contributed by atoms with Crippen LogP contribution in [0, 0.1) is 11.7 Å².